The van der Waals surface area contributed by atoms with Gasteiger partial charge in [-0.2, -0.15) is 0 Å². The first-order valence-electron chi connectivity index (χ1n) is 10.8. The van der Waals surface area contributed by atoms with E-state index >= 15 is 0 Å². The van der Waals surface area contributed by atoms with Gasteiger partial charge >= 0.3 is 6.36 Å². The first-order chi connectivity index (χ1) is 17.1. The predicted octanol–water partition coefficient (Wildman–Crippen LogP) is 7.77. The van der Waals surface area contributed by atoms with Crippen molar-refractivity contribution in [3.63, 3.8) is 0 Å². The van der Waals surface area contributed by atoms with E-state index in [9.17, 15) is 18.0 Å². The van der Waals surface area contributed by atoms with E-state index in [-0.39, 0.29) is 27.1 Å². The summed E-state index contributed by atoms with van der Waals surface area (Å²) in [6.45, 7) is 3.46. The van der Waals surface area contributed by atoms with Gasteiger partial charge in [-0.25, -0.2) is 4.98 Å². The Bertz CT molecular complexity index is 1410. The van der Waals surface area contributed by atoms with Gasteiger partial charge in [-0.1, -0.05) is 60.5 Å². The summed E-state index contributed by atoms with van der Waals surface area (Å²) in [5.74, 6) is 0.614. The van der Waals surface area contributed by atoms with Gasteiger partial charge in [0.15, 0.2) is 0 Å². The molecule has 0 saturated heterocycles. The lowest BCUT2D eigenvalue weighted by molar-refractivity contribution is -0.274. The molecular formula is C25H20Cl2F3N3O2S. The van der Waals surface area contributed by atoms with Crippen LogP contribution in [0.3, 0.4) is 0 Å². The minimum absolute atomic E-state index is 0.0505. The number of rotatable bonds is 7. The van der Waals surface area contributed by atoms with Crippen molar-refractivity contribution < 1.29 is 22.7 Å². The van der Waals surface area contributed by atoms with Crippen molar-refractivity contribution in [2.75, 3.05) is 5.75 Å². The van der Waals surface area contributed by atoms with Gasteiger partial charge in [0.05, 0.1) is 15.6 Å². The Morgan fingerprint density at radius 3 is 2.50 bits per heavy atom. The van der Waals surface area contributed by atoms with Crippen molar-refractivity contribution in [3.05, 3.63) is 76.0 Å². The fourth-order valence-corrected chi connectivity index (χ4v) is 5.17. The molecule has 2 N–H and O–H groups in total. The maximum absolute atomic E-state index is 13.0. The molecule has 0 aliphatic carbocycles. The highest BCUT2D eigenvalue weighted by atomic mass is 35.5. The number of alkyl halides is 3. The molecule has 0 fully saturated rings. The topological polar surface area (TPSA) is 67.0 Å². The third-order valence-electron chi connectivity index (χ3n) is 5.21. The number of benzene rings is 3. The highest BCUT2D eigenvalue weighted by Crippen LogP contribution is 2.44. The van der Waals surface area contributed by atoms with E-state index in [4.69, 9.17) is 23.2 Å². The Labute approximate surface area is 219 Å². The van der Waals surface area contributed by atoms with Gasteiger partial charge in [0.2, 0.25) is 5.91 Å². The summed E-state index contributed by atoms with van der Waals surface area (Å²) >= 11 is 14.8. The lowest BCUT2D eigenvalue weighted by atomic mass is 10.0. The van der Waals surface area contributed by atoms with Crippen molar-refractivity contribution in [1.82, 2.24) is 15.3 Å². The average molecular weight is 554 g/mol. The highest BCUT2D eigenvalue weighted by molar-refractivity contribution is 7.99. The SMILES string of the molecule is CCSc1ccc(C(NC(C)=O)c2nc3c(Cl)c(-c4ccccc4OC(F)(F)F)c(Cl)cc3[nH]2)cc1. The van der Waals surface area contributed by atoms with Crippen molar-refractivity contribution >= 4 is 51.9 Å². The minimum Gasteiger partial charge on any atom is -0.405 e. The maximum atomic E-state index is 13.0. The summed E-state index contributed by atoms with van der Waals surface area (Å²) in [6, 6.07) is 14.2. The number of carbonyl (C=O) groups excluding carboxylic acids is 1. The number of imidazole rings is 1. The van der Waals surface area contributed by atoms with Crippen molar-refractivity contribution in [1.29, 1.82) is 0 Å². The molecule has 1 atom stereocenters. The number of amides is 1. The van der Waals surface area contributed by atoms with Crippen LogP contribution in [0, 0.1) is 0 Å². The lowest BCUT2D eigenvalue weighted by Gasteiger charge is -2.16. The molecule has 0 spiro atoms. The molecule has 0 saturated carbocycles. The number of aromatic amines is 1. The second kappa shape index (κ2) is 10.6. The van der Waals surface area contributed by atoms with E-state index < -0.39 is 18.2 Å². The van der Waals surface area contributed by atoms with E-state index in [0.717, 1.165) is 16.2 Å². The summed E-state index contributed by atoms with van der Waals surface area (Å²) in [5.41, 5.74) is 1.77. The highest BCUT2D eigenvalue weighted by Gasteiger charge is 2.33. The second-order valence-electron chi connectivity index (χ2n) is 7.75. The molecular weight excluding hydrogens is 534 g/mol. The van der Waals surface area contributed by atoms with Gasteiger partial charge in [-0.15, -0.1) is 24.9 Å². The molecule has 3 aromatic carbocycles. The van der Waals surface area contributed by atoms with Gasteiger partial charge in [0.1, 0.15) is 23.1 Å². The lowest BCUT2D eigenvalue weighted by Crippen LogP contribution is -2.27. The molecule has 1 heterocycles. The molecule has 188 valence electrons. The molecule has 0 radical (unpaired) electrons. The number of hydrogen-bond donors (Lipinski definition) is 2. The van der Waals surface area contributed by atoms with Gasteiger partial charge < -0.3 is 15.0 Å². The zero-order valence-corrected chi connectivity index (χ0v) is 21.4. The van der Waals surface area contributed by atoms with E-state index in [0.29, 0.717) is 16.9 Å². The maximum Gasteiger partial charge on any atom is 0.573 e. The number of nitrogens with zero attached hydrogens (tertiary/aromatic N) is 1. The second-order valence-corrected chi connectivity index (χ2v) is 9.87. The van der Waals surface area contributed by atoms with Crippen LogP contribution in [0.2, 0.25) is 10.0 Å². The fraction of sp³-hybridized carbons (Fsp3) is 0.200. The number of thioether (sulfide) groups is 1. The molecule has 0 bridgehead atoms. The van der Waals surface area contributed by atoms with Crippen LogP contribution in [0.1, 0.15) is 31.3 Å². The van der Waals surface area contributed by atoms with Gasteiger partial charge in [-0.3, -0.25) is 4.79 Å². The Kier molecular flexibility index (Phi) is 7.73. The van der Waals surface area contributed by atoms with Crippen LogP contribution in [0.15, 0.2) is 59.5 Å². The first kappa shape index (κ1) is 26.2. The zero-order valence-electron chi connectivity index (χ0n) is 19.0. The number of nitrogens with one attached hydrogen (secondary N) is 2. The number of ether oxygens (including phenoxy) is 1. The normalized spacial score (nSPS) is 12.5. The summed E-state index contributed by atoms with van der Waals surface area (Å²) in [7, 11) is 0. The van der Waals surface area contributed by atoms with Crippen LogP contribution < -0.4 is 10.1 Å². The van der Waals surface area contributed by atoms with Crippen LogP contribution in [0.25, 0.3) is 22.2 Å². The standard InChI is InChI=1S/C25H20Cl2F3N3O2S/c1-3-36-15-10-8-14(9-11-15)22(31-13(2)34)24-32-18-12-17(26)20(21(27)23(18)33-24)16-6-4-5-7-19(16)35-25(28,29)30/h4-12,22H,3H2,1-2H3,(H,31,34)(H,32,33). The summed E-state index contributed by atoms with van der Waals surface area (Å²) in [6.07, 6.45) is -4.89. The molecule has 5 nitrogen and oxygen atoms in total. The number of fused-ring (bicyclic) bond motifs is 1. The Morgan fingerprint density at radius 1 is 1.17 bits per heavy atom. The molecule has 1 unspecified atom stereocenters. The average Bonchev–Trinajstić information content (AvgIpc) is 3.22. The molecule has 36 heavy (non-hydrogen) atoms. The molecule has 4 rings (SSSR count). The minimum atomic E-state index is -4.89. The molecule has 4 aromatic rings. The quantitative estimate of drug-likeness (QED) is 0.229. The smallest absolute Gasteiger partial charge is 0.405 e. The molecule has 0 aliphatic rings. The van der Waals surface area contributed by atoms with E-state index in [1.165, 1.54) is 31.2 Å². The van der Waals surface area contributed by atoms with E-state index in [2.05, 4.69) is 26.9 Å². The van der Waals surface area contributed by atoms with Crippen LogP contribution in [-0.4, -0.2) is 28.0 Å². The number of carbonyl (C=O) groups is 1. The number of para-hydroxylation sites is 1. The largest absolute Gasteiger partial charge is 0.573 e. The Morgan fingerprint density at radius 2 is 1.86 bits per heavy atom. The Hall–Kier alpha value is -2.88. The number of halogens is 5. The van der Waals surface area contributed by atoms with Crippen LogP contribution in [0.5, 0.6) is 5.75 Å². The summed E-state index contributed by atoms with van der Waals surface area (Å²) in [5, 5.41) is 3.04. The predicted molar refractivity (Wildman–Crippen MR) is 137 cm³/mol. The van der Waals surface area contributed by atoms with Gasteiger partial charge in [-0.05, 0) is 35.6 Å². The number of hydrogen-bond acceptors (Lipinski definition) is 4. The van der Waals surface area contributed by atoms with Gasteiger partial charge in [0.25, 0.3) is 0 Å². The van der Waals surface area contributed by atoms with Crippen LogP contribution in [-0.2, 0) is 4.79 Å². The molecule has 11 heteroatoms. The van der Waals surface area contributed by atoms with Crippen LogP contribution >= 0.6 is 35.0 Å². The van der Waals surface area contributed by atoms with Gasteiger partial charge in [0, 0.05) is 22.9 Å². The monoisotopic (exact) mass is 553 g/mol. The van der Waals surface area contributed by atoms with Crippen LogP contribution in [0.4, 0.5) is 13.2 Å². The zero-order chi connectivity index (χ0) is 26.0. The van der Waals surface area contributed by atoms with E-state index in [1.54, 1.807) is 17.8 Å². The molecule has 1 aromatic heterocycles. The fourth-order valence-electron chi connectivity index (χ4n) is 3.81. The third-order valence-corrected chi connectivity index (χ3v) is 6.78. The summed E-state index contributed by atoms with van der Waals surface area (Å²) in [4.78, 5) is 20.8. The number of aromatic nitrogens is 2. The number of H-pyrrole nitrogens is 1. The third kappa shape index (κ3) is 5.74. The summed E-state index contributed by atoms with van der Waals surface area (Å²) < 4.78 is 43.1. The Balaban J connectivity index is 1.82. The van der Waals surface area contributed by atoms with Crippen molar-refractivity contribution in [2.45, 2.75) is 31.1 Å². The van der Waals surface area contributed by atoms with Crippen molar-refractivity contribution in [3.8, 4) is 16.9 Å². The van der Waals surface area contributed by atoms with E-state index in [1.807, 2.05) is 24.3 Å². The molecule has 1 amide bonds. The van der Waals surface area contributed by atoms with Crippen molar-refractivity contribution in [2.24, 2.45) is 0 Å². The molecule has 0 aliphatic heterocycles. The first-order valence-corrected chi connectivity index (χ1v) is 12.5.